The Morgan fingerprint density at radius 1 is 1.13 bits per heavy atom. The van der Waals surface area contributed by atoms with Crippen LogP contribution in [0, 0.1) is 5.92 Å². The monoisotopic (exact) mass is 525 g/mol. The van der Waals surface area contributed by atoms with Gasteiger partial charge in [0, 0.05) is 24.1 Å². The molecule has 0 saturated carbocycles. The van der Waals surface area contributed by atoms with Gasteiger partial charge in [0.15, 0.2) is 11.2 Å². The zero-order valence-electron chi connectivity index (χ0n) is 20.7. The lowest BCUT2D eigenvalue weighted by atomic mass is 10.0. The van der Waals surface area contributed by atoms with E-state index in [-0.39, 0.29) is 59.9 Å². The van der Waals surface area contributed by atoms with Gasteiger partial charge in [-0.3, -0.25) is 19.4 Å². The van der Waals surface area contributed by atoms with E-state index in [1.807, 2.05) is 13.8 Å². The number of aliphatic carboxylic acids is 1. The van der Waals surface area contributed by atoms with Crippen molar-refractivity contribution >= 4 is 46.6 Å². The zero-order valence-corrected chi connectivity index (χ0v) is 20.7. The summed E-state index contributed by atoms with van der Waals surface area (Å²) >= 11 is 0. The summed E-state index contributed by atoms with van der Waals surface area (Å²) in [5.41, 5.74) is 6.67. The van der Waals surface area contributed by atoms with Crippen LogP contribution in [0.2, 0.25) is 0 Å². The topological polar surface area (TPSA) is 227 Å². The maximum Gasteiger partial charge on any atom is 0.373 e. The molecule has 3 rings (SSSR count). The van der Waals surface area contributed by atoms with E-state index in [0.29, 0.717) is 17.8 Å². The Labute approximate surface area is 216 Å². The molecular formula is C24H27N7O7. The third kappa shape index (κ3) is 8.91. The highest BCUT2D eigenvalue weighted by Gasteiger charge is 2.22. The SMILES string of the molecule is CC(C)CC(=O)CCC(NC(=O)c1ccc(NCc2cnc3nc(N)[nH]c(=O)c3n2)cc1)C(=O)O.O=C=O. The summed E-state index contributed by atoms with van der Waals surface area (Å²) < 4.78 is 0. The summed E-state index contributed by atoms with van der Waals surface area (Å²) in [6, 6.07) is 5.24. The number of nitrogens with zero attached hydrogens (tertiary/aromatic N) is 3. The van der Waals surface area contributed by atoms with Crippen molar-refractivity contribution in [3.8, 4) is 0 Å². The summed E-state index contributed by atoms with van der Waals surface area (Å²) in [6.07, 6.45) is 2.22. The molecule has 6 N–H and O–H groups in total. The van der Waals surface area contributed by atoms with Crippen LogP contribution in [0.1, 0.15) is 49.2 Å². The number of aromatic nitrogens is 4. The molecule has 1 aromatic carbocycles. The molecule has 3 aromatic rings. The van der Waals surface area contributed by atoms with Crippen LogP contribution in [0.15, 0.2) is 35.3 Å². The highest BCUT2D eigenvalue weighted by molar-refractivity contribution is 5.97. The van der Waals surface area contributed by atoms with Crippen molar-refractivity contribution in [3.63, 3.8) is 0 Å². The molecule has 0 aliphatic rings. The van der Waals surface area contributed by atoms with Crippen molar-refractivity contribution < 1.29 is 29.1 Å². The fourth-order valence-electron chi connectivity index (χ4n) is 3.35. The molecule has 14 nitrogen and oxygen atoms in total. The van der Waals surface area contributed by atoms with Gasteiger partial charge < -0.3 is 21.5 Å². The number of rotatable bonds is 11. The van der Waals surface area contributed by atoms with Gasteiger partial charge in [0.25, 0.3) is 11.5 Å². The number of nitrogens with two attached hydrogens (primary N) is 1. The van der Waals surface area contributed by atoms with Gasteiger partial charge in [-0.05, 0) is 36.6 Å². The predicted molar refractivity (Wildman–Crippen MR) is 134 cm³/mol. The number of carbonyl (C=O) groups excluding carboxylic acids is 4. The number of benzene rings is 1. The number of carbonyl (C=O) groups is 3. The number of Topliss-reactive ketones (excluding diaryl/α,β-unsaturated/α-hetero) is 1. The van der Waals surface area contributed by atoms with Crippen LogP contribution in [-0.2, 0) is 25.7 Å². The summed E-state index contributed by atoms with van der Waals surface area (Å²) in [5.74, 6) is -1.62. The van der Waals surface area contributed by atoms with Crippen molar-refractivity contribution in [3.05, 3.63) is 52.1 Å². The van der Waals surface area contributed by atoms with Crippen LogP contribution >= 0.6 is 0 Å². The molecule has 0 aliphatic carbocycles. The van der Waals surface area contributed by atoms with E-state index >= 15 is 0 Å². The number of hydrogen-bond donors (Lipinski definition) is 5. The second-order valence-electron chi connectivity index (χ2n) is 8.54. The Kier molecular flexibility index (Phi) is 10.7. The highest BCUT2D eigenvalue weighted by atomic mass is 16.4. The first-order valence-corrected chi connectivity index (χ1v) is 11.4. The molecule has 0 radical (unpaired) electrons. The lowest BCUT2D eigenvalue weighted by molar-refractivity contribution is -0.191. The Morgan fingerprint density at radius 2 is 1.79 bits per heavy atom. The molecule has 1 amide bonds. The molecule has 0 bridgehead atoms. The van der Waals surface area contributed by atoms with Crippen LogP contribution in [0.5, 0.6) is 0 Å². The van der Waals surface area contributed by atoms with Crippen molar-refractivity contribution in [1.82, 2.24) is 25.3 Å². The van der Waals surface area contributed by atoms with E-state index in [1.165, 1.54) is 6.20 Å². The van der Waals surface area contributed by atoms with Gasteiger partial charge in [-0.2, -0.15) is 14.6 Å². The van der Waals surface area contributed by atoms with E-state index in [1.54, 1.807) is 24.3 Å². The fourth-order valence-corrected chi connectivity index (χ4v) is 3.35. The molecule has 1 unspecified atom stereocenters. The van der Waals surface area contributed by atoms with Crippen LogP contribution in [0.4, 0.5) is 11.6 Å². The van der Waals surface area contributed by atoms with Gasteiger partial charge in [-0.25, -0.2) is 14.8 Å². The Balaban J connectivity index is 0.00000161. The first-order valence-electron chi connectivity index (χ1n) is 11.4. The molecule has 38 heavy (non-hydrogen) atoms. The molecule has 0 fully saturated rings. The van der Waals surface area contributed by atoms with Gasteiger partial charge in [0.05, 0.1) is 18.4 Å². The first kappa shape index (κ1) is 29.3. The average molecular weight is 526 g/mol. The third-order valence-corrected chi connectivity index (χ3v) is 5.06. The number of anilines is 2. The van der Waals surface area contributed by atoms with Crippen molar-refractivity contribution in [2.75, 3.05) is 11.1 Å². The molecule has 2 aromatic heterocycles. The van der Waals surface area contributed by atoms with E-state index < -0.39 is 23.5 Å². The average Bonchev–Trinajstić information content (AvgIpc) is 2.85. The molecule has 2 heterocycles. The van der Waals surface area contributed by atoms with E-state index in [4.69, 9.17) is 15.3 Å². The fraction of sp³-hybridized carbons (Fsp3) is 0.333. The zero-order chi connectivity index (χ0) is 28.2. The van der Waals surface area contributed by atoms with Crippen LogP contribution in [-0.4, -0.2) is 54.9 Å². The number of ketones is 1. The summed E-state index contributed by atoms with van der Waals surface area (Å²) in [5, 5.41) is 15.0. The van der Waals surface area contributed by atoms with Gasteiger partial charge in [0.1, 0.15) is 11.8 Å². The van der Waals surface area contributed by atoms with Gasteiger partial charge in [-0.15, -0.1) is 0 Å². The molecular weight excluding hydrogens is 498 g/mol. The Bertz CT molecular complexity index is 1380. The maximum atomic E-state index is 12.5. The number of nitrogen functional groups attached to an aromatic ring is 1. The van der Waals surface area contributed by atoms with E-state index in [9.17, 15) is 24.3 Å². The minimum absolute atomic E-state index is 0.0305. The maximum absolute atomic E-state index is 12.5. The standard InChI is InChI=1S/C23H27N7O5.CO2/c1-12(2)9-16(31)7-8-17(22(34)35)28-20(32)13-3-5-14(6-4-13)25-10-15-11-26-19-18(27-15)21(33)30-23(24)29-19;2-1-3/h3-6,11-12,17,25H,7-10H2,1-2H3,(H,28,32)(H,34,35)(H3,24,26,29,30,33);. The van der Waals surface area contributed by atoms with Crippen LogP contribution in [0.3, 0.4) is 0 Å². The van der Waals surface area contributed by atoms with Gasteiger partial charge in [-0.1, -0.05) is 13.8 Å². The lowest BCUT2D eigenvalue weighted by Crippen LogP contribution is -2.41. The van der Waals surface area contributed by atoms with Crippen LogP contribution in [0.25, 0.3) is 11.2 Å². The molecule has 0 aliphatic heterocycles. The number of H-pyrrole nitrogens is 1. The Hall–Kier alpha value is -4.97. The largest absolute Gasteiger partial charge is 0.480 e. The number of fused-ring (bicyclic) bond motifs is 1. The van der Waals surface area contributed by atoms with Gasteiger partial charge in [0.2, 0.25) is 5.95 Å². The van der Waals surface area contributed by atoms with E-state index in [0.717, 1.165) is 0 Å². The first-order chi connectivity index (χ1) is 18.0. The van der Waals surface area contributed by atoms with Crippen molar-refractivity contribution in [1.29, 1.82) is 0 Å². The number of aromatic amines is 1. The molecule has 0 spiro atoms. The number of amides is 1. The quantitative estimate of drug-likeness (QED) is 0.235. The minimum atomic E-state index is -1.19. The number of nitrogens with one attached hydrogen (secondary N) is 3. The summed E-state index contributed by atoms with van der Waals surface area (Å²) in [6.45, 7) is 4.08. The normalized spacial score (nSPS) is 11.1. The van der Waals surface area contributed by atoms with E-state index in [2.05, 4.69) is 30.6 Å². The molecule has 14 heteroatoms. The predicted octanol–water partition coefficient (Wildman–Crippen LogP) is 0.902. The number of carboxylic acids is 1. The highest BCUT2D eigenvalue weighted by Crippen LogP contribution is 2.13. The summed E-state index contributed by atoms with van der Waals surface area (Å²) in [7, 11) is 0. The van der Waals surface area contributed by atoms with Crippen molar-refractivity contribution in [2.24, 2.45) is 5.92 Å². The molecule has 1 atom stereocenters. The Morgan fingerprint density at radius 3 is 2.39 bits per heavy atom. The lowest BCUT2D eigenvalue weighted by Gasteiger charge is -2.15. The minimum Gasteiger partial charge on any atom is -0.480 e. The second kappa shape index (κ2) is 13.9. The molecule has 200 valence electrons. The van der Waals surface area contributed by atoms with Crippen LogP contribution < -0.4 is 21.9 Å². The second-order valence-corrected chi connectivity index (χ2v) is 8.54. The third-order valence-electron chi connectivity index (χ3n) is 5.06. The number of hydrogen-bond acceptors (Lipinski definition) is 11. The van der Waals surface area contributed by atoms with Gasteiger partial charge >= 0.3 is 12.1 Å². The van der Waals surface area contributed by atoms with Crippen molar-refractivity contribution in [2.45, 2.75) is 45.7 Å². The molecule has 0 saturated heterocycles. The number of carboxylic acid groups (broad SMARTS) is 1. The smallest absolute Gasteiger partial charge is 0.373 e. The summed E-state index contributed by atoms with van der Waals surface area (Å²) in [4.78, 5) is 78.8.